The molecule has 24 heavy (non-hydrogen) atoms. The second-order valence-corrected chi connectivity index (χ2v) is 6.57. The van der Waals surface area contributed by atoms with Crippen molar-refractivity contribution in [2.24, 2.45) is 5.92 Å². The normalized spacial score (nSPS) is 22.9. The molecule has 1 spiro atoms. The Labute approximate surface area is 140 Å². The molecule has 1 atom stereocenters. The van der Waals surface area contributed by atoms with Gasteiger partial charge in [0.1, 0.15) is 0 Å². The molecule has 0 radical (unpaired) electrons. The number of carboxylic acid groups (broad SMARTS) is 1. The van der Waals surface area contributed by atoms with Crippen LogP contribution in [0.5, 0.6) is 0 Å². The maximum atomic E-state index is 12.4. The zero-order chi connectivity index (χ0) is 17.3. The number of hydrogen-bond donors (Lipinski definition) is 1. The maximum Gasteiger partial charge on any atom is 0.309 e. The molecule has 2 fully saturated rings. The first-order valence-corrected chi connectivity index (χ1v) is 8.10. The van der Waals surface area contributed by atoms with E-state index in [9.17, 15) is 19.5 Å². The zero-order valence-electron chi connectivity index (χ0n) is 13.6. The van der Waals surface area contributed by atoms with Crippen LogP contribution in [0, 0.1) is 5.92 Å². The summed E-state index contributed by atoms with van der Waals surface area (Å²) in [6.07, 6.45) is 4.69. The molecule has 1 aromatic heterocycles. The fourth-order valence-corrected chi connectivity index (χ4v) is 3.92. The summed E-state index contributed by atoms with van der Waals surface area (Å²) in [5, 5.41) is 9.47. The van der Waals surface area contributed by atoms with E-state index in [1.807, 2.05) is 6.07 Å². The van der Waals surface area contributed by atoms with E-state index in [0.717, 1.165) is 5.56 Å². The van der Waals surface area contributed by atoms with Crippen LogP contribution in [0.2, 0.25) is 0 Å². The van der Waals surface area contributed by atoms with Gasteiger partial charge >= 0.3 is 5.97 Å². The van der Waals surface area contributed by atoms with Crippen LogP contribution in [0.3, 0.4) is 0 Å². The largest absolute Gasteiger partial charge is 0.481 e. The molecule has 2 aliphatic heterocycles. The van der Waals surface area contributed by atoms with Crippen molar-refractivity contribution in [1.29, 1.82) is 0 Å². The molecule has 3 rings (SSSR count). The number of likely N-dealkylation sites (tertiary alicyclic amines) is 2. The number of hydrogen-bond acceptors (Lipinski definition) is 4. The first-order valence-electron chi connectivity index (χ1n) is 8.10. The van der Waals surface area contributed by atoms with Crippen molar-refractivity contribution in [2.75, 3.05) is 20.1 Å². The van der Waals surface area contributed by atoms with Gasteiger partial charge in [-0.3, -0.25) is 19.4 Å². The van der Waals surface area contributed by atoms with E-state index >= 15 is 0 Å². The number of carboxylic acids is 1. The number of piperidine rings is 1. The van der Waals surface area contributed by atoms with Crippen molar-refractivity contribution in [3.63, 3.8) is 0 Å². The van der Waals surface area contributed by atoms with Crippen LogP contribution in [0.1, 0.15) is 24.8 Å². The molecule has 7 nitrogen and oxygen atoms in total. The smallest absolute Gasteiger partial charge is 0.309 e. The Kier molecular flexibility index (Phi) is 4.26. The first-order chi connectivity index (χ1) is 11.4. The van der Waals surface area contributed by atoms with Gasteiger partial charge in [-0.1, -0.05) is 6.07 Å². The summed E-state index contributed by atoms with van der Waals surface area (Å²) in [4.78, 5) is 43.3. The third-order valence-electron chi connectivity index (χ3n) is 5.43. The Morgan fingerprint density at radius 2 is 2.08 bits per heavy atom. The monoisotopic (exact) mass is 331 g/mol. The Bertz CT molecular complexity index is 653. The summed E-state index contributed by atoms with van der Waals surface area (Å²) in [5.74, 6) is -1.73. The Hall–Kier alpha value is -2.44. The molecule has 2 aliphatic rings. The van der Waals surface area contributed by atoms with Gasteiger partial charge in [0.15, 0.2) is 0 Å². The van der Waals surface area contributed by atoms with Gasteiger partial charge in [0.2, 0.25) is 11.8 Å². The average molecular weight is 331 g/mol. The molecular weight excluding hydrogens is 310 g/mol. The van der Waals surface area contributed by atoms with E-state index in [2.05, 4.69) is 4.98 Å². The number of aromatic nitrogens is 1. The molecule has 0 unspecified atom stereocenters. The molecule has 2 amide bonds. The lowest BCUT2D eigenvalue weighted by Crippen LogP contribution is -2.57. The van der Waals surface area contributed by atoms with Crippen LogP contribution < -0.4 is 0 Å². The van der Waals surface area contributed by atoms with Gasteiger partial charge in [0, 0.05) is 39.0 Å². The van der Waals surface area contributed by atoms with Crippen LogP contribution >= 0.6 is 0 Å². The fraction of sp³-hybridized carbons (Fsp3) is 0.529. The number of amides is 2. The molecule has 0 aliphatic carbocycles. The number of carbonyl (C=O) groups is 3. The van der Waals surface area contributed by atoms with Crippen LogP contribution in [-0.2, 0) is 20.8 Å². The van der Waals surface area contributed by atoms with E-state index in [1.165, 1.54) is 0 Å². The predicted molar refractivity (Wildman–Crippen MR) is 85.0 cm³/mol. The molecule has 7 heteroatoms. The molecule has 0 bridgehead atoms. The SMILES string of the molecule is CN1C(=O)C[C@@H](C(=O)O)C12CCN(C(=O)Cc1cccnc1)CC2. The van der Waals surface area contributed by atoms with Gasteiger partial charge in [0.25, 0.3) is 0 Å². The second-order valence-electron chi connectivity index (χ2n) is 6.57. The van der Waals surface area contributed by atoms with Gasteiger partial charge < -0.3 is 14.9 Å². The summed E-state index contributed by atoms with van der Waals surface area (Å²) in [5.41, 5.74) is 0.202. The number of carbonyl (C=O) groups excluding carboxylic acids is 2. The van der Waals surface area contributed by atoms with E-state index in [-0.39, 0.29) is 24.7 Å². The molecular formula is C17H21N3O4. The van der Waals surface area contributed by atoms with Crippen LogP contribution in [0.4, 0.5) is 0 Å². The standard InChI is InChI=1S/C17H21N3O4/c1-19-14(21)10-13(16(23)24)17(19)4-7-20(8-5-17)15(22)9-12-3-2-6-18-11-12/h2-3,6,11,13H,4-5,7-10H2,1H3,(H,23,24)/t13-/m0/s1. The van der Waals surface area contributed by atoms with E-state index in [0.29, 0.717) is 25.9 Å². The zero-order valence-corrected chi connectivity index (χ0v) is 13.6. The summed E-state index contributed by atoms with van der Waals surface area (Å²) < 4.78 is 0. The van der Waals surface area contributed by atoms with Gasteiger partial charge in [-0.15, -0.1) is 0 Å². The lowest BCUT2D eigenvalue weighted by molar-refractivity contribution is -0.146. The van der Waals surface area contributed by atoms with Crippen molar-refractivity contribution in [3.05, 3.63) is 30.1 Å². The fourth-order valence-electron chi connectivity index (χ4n) is 3.92. The minimum Gasteiger partial charge on any atom is -0.481 e. The quantitative estimate of drug-likeness (QED) is 0.873. The highest BCUT2D eigenvalue weighted by Crippen LogP contribution is 2.42. The molecule has 1 aromatic rings. The molecule has 0 aromatic carbocycles. The minimum absolute atomic E-state index is 0.0108. The van der Waals surface area contributed by atoms with Crippen molar-refractivity contribution in [2.45, 2.75) is 31.2 Å². The Morgan fingerprint density at radius 3 is 2.67 bits per heavy atom. The number of nitrogens with zero attached hydrogens (tertiary/aromatic N) is 3. The van der Waals surface area contributed by atoms with Crippen molar-refractivity contribution in [1.82, 2.24) is 14.8 Å². The summed E-state index contributed by atoms with van der Waals surface area (Å²) in [6, 6.07) is 3.66. The highest BCUT2D eigenvalue weighted by Gasteiger charge is 2.55. The van der Waals surface area contributed by atoms with Gasteiger partial charge in [0.05, 0.1) is 17.9 Å². The van der Waals surface area contributed by atoms with Crippen LogP contribution in [-0.4, -0.2) is 63.4 Å². The third-order valence-corrected chi connectivity index (χ3v) is 5.43. The molecule has 0 saturated carbocycles. The minimum atomic E-state index is -0.928. The van der Waals surface area contributed by atoms with E-state index in [1.54, 1.807) is 35.3 Å². The Balaban J connectivity index is 1.67. The highest BCUT2D eigenvalue weighted by molar-refractivity contribution is 5.88. The lowest BCUT2D eigenvalue weighted by atomic mass is 9.77. The number of rotatable bonds is 3. The number of pyridine rings is 1. The summed E-state index contributed by atoms with van der Waals surface area (Å²) >= 11 is 0. The Morgan fingerprint density at radius 1 is 1.38 bits per heavy atom. The molecule has 128 valence electrons. The topological polar surface area (TPSA) is 90.8 Å². The van der Waals surface area contributed by atoms with Gasteiger partial charge in [-0.25, -0.2) is 0 Å². The lowest BCUT2D eigenvalue weighted by Gasteiger charge is -2.45. The van der Waals surface area contributed by atoms with Crippen LogP contribution in [0.15, 0.2) is 24.5 Å². The van der Waals surface area contributed by atoms with E-state index < -0.39 is 17.4 Å². The number of aliphatic carboxylic acids is 1. The van der Waals surface area contributed by atoms with E-state index in [4.69, 9.17) is 0 Å². The third kappa shape index (κ3) is 2.74. The highest BCUT2D eigenvalue weighted by atomic mass is 16.4. The van der Waals surface area contributed by atoms with Crippen molar-refractivity contribution >= 4 is 17.8 Å². The van der Waals surface area contributed by atoms with Crippen molar-refractivity contribution < 1.29 is 19.5 Å². The average Bonchev–Trinajstić information content (AvgIpc) is 2.82. The summed E-state index contributed by atoms with van der Waals surface area (Å²) in [7, 11) is 1.68. The van der Waals surface area contributed by atoms with Gasteiger partial charge in [-0.05, 0) is 24.5 Å². The molecule has 3 heterocycles. The maximum absolute atomic E-state index is 12.4. The first kappa shape index (κ1) is 16.4. The van der Waals surface area contributed by atoms with Crippen molar-refractivity contribution in [3.8, 4) is 0 Å². The molecule has 1 N–H and O–H groups in total. The van der Waals surface area contributed by atoms with Crippen LogP contribution in [0.25, 0.3) is 0 Å². The predicted octanol–water partition coefficient (Wildman–Crippen LogP) is 0.548. The molecule has 2 saturated heterocycles. The summed E-state index contributed by atoms with van der Waals surface area (Å²) in [6.45, 7) is 0.945. The van der Waals surface area contributed by atoms with Gasteiger partial charge in [-0.2, -0.15) is 0 Å². The second kappa shape index (κ2) is 6.22.